The predicted molar refractivity (Wildman–Crippen MR) is 88.9 cm³/mol. The quantitative estimate of drug-likeness (QED) is 0.603. The molecule has 0 saturated heterocycles. The third-order valence-electron chi connectivity index (χ3n) is 3.86. The van der Waals surface area contributed by atoms with Gasteiger partial charge in [-0.15, -0.1) is 11.3 Å². The summed E-state index contributed by atoms with van der Waals surface area (Å²) in [4.78, 5) is 16.1. The number of unbranched alkanes of at least 4 members (excludes halogenated alkanes) is 2. The van der Waals surface area contributed by atoms with Gasteiger partial charge in [-0.05, 0) is 63.7 Å². The summed E-state index contributed by atoms with van der Waals surface area (Å²) in [7, 11) is 0. The van der Waals surface area contributed by atoms with Crippen molar-refractivity contribution < 1.29 is 4.79 Å². The van der Waals surface area contributed by atoms with Crippen LogP contribution in [0.3, 0.4) is 0 Å². The van der Waals surface area contributed by atoms with E-state index in [4.69, 9.17) is 0 Å². The first kappa shape index (κ1) is 17.4. The Hall–Kier alpha value is -0.670. The Morgan fingerprint density at radius 3 is 2.15 bits per heavy atom. The van der Waals surface area contributed by atoms with E-state index in [1.807, 2.05) is 13.0 Å². The highest BCUT2D eigenvalue weighted by molar-refractivity contribution is 7.12. The molecule has 0 aliphatic carbocycles. The summed E-state index contributed by atoms with van der Waals surface area (Å²) in [6.07, 6.45) is 4.66. The number of carbonyl (C=O) groups excluding carboxylic acids is 1. The molecule has 1 aromatic heterocycles. The van der Waals surface area contributed by atoms with Gasteiger partial charge >= 0.3 is 0 Å². The second kappa shape index (κ2) is 7.94. The summed E-state index contributed by atoms with van der Waals surface area (Å²) in [6.45, 7) is 12.6. The van der Waals surface area contributed by atoms with Gasteiger partial charge in [0.15, 0.2) is 5.78 Å². The molecule has 114 valence electrons. The number of rotatable bonds is 9. The lowest BCUT2D eigenvalue weighted by Crippen LogP contribution is -2.50. The number of nitrogens with zero attached hydrogens (tertiary/aromatic N) is 1. The van der Waals surface area contributed by atoms with Crippen molar-refractivity contribution in [2.24, 2.45) is 0 Å². The van der Waals surface area contributed by atoms with Crippen LogP contribution in [0.5, 0.6) is 0 Å². The fourth-order valence-electron chi connectivity index (χ4n) is 2.36. The van der Waals surface area contributed by atoms with E-state index in [2.05, 4.69) is 38.0 Å². The van der Waals surface area contributed by atoms with Gasteiger partial charge in [0.1, 0.15) is 0 Å². The van der Waals surface area contributed by atoms with E-state index in [9.17, 15) is 4.79 Å². The molecule has 0 unspecified atom stereocenters. The Morgan fingerprint density at radius 2 is 1.75 bits per heavy atom. The molecule has 0 radical (unpaired) electrons. The molecule has 0 aliphatic rings. The molecule has 0 fully saturated rings. The van der Waals surface area contributed by atoms with Crippen LogP contribution in [0.2, 0.25) is 0 Å². The highest BCUT2D eigenvalue weighted by Gasteiger charge is 2.35. The van der Waals surface area contributed by atoms with Gasteiger partial charge in [0, 0.05) is 0 Å². The second-order valence-corrected chi connectivity index (χ2v) is 6.98. The standard InChI is InChI=1S/C17H29NOS/c1-6-8-10-18(11-9-7-2)17(4,5)16(19)15-12-14(3)13-20-15/h12-13H,6-11H2,1-5H3. The minimum absolute atomic E-state index is 0.266. The summed E-state index contributed by atoms with van der Waals surface area (Å²) in [5.41, 5.74) is 0.782. The van der Waals surface area contributed by atoms with Crippen LogP contribution in [-0.2, 0) is 0 Å². The molecule has 0 bridgehead atoms. The maximum Gasteiger partial charge on any atom is 0.192 e. The lowest BCUT2D eigenvalue weighted by Gasteiger charge is -2.37. The Labute approximate surface area is 128 Å². The molecular weight excluding hydrogens is 266 g/mol. The molecule has 1 rings (SSSR count). The largest absolute Gasteiger partial charge is 0.291 e. The van der Waals surface area contributed by atoms with Gasteiger partial charge in [0.2, 0.25) is 0 Å². The molecule has 2 nitrogen and oxygen atoms in total. The number of hydrogen-bond donors (Lipinski definition) is 0. The Bertz CT molecular complexity index is 414. The van der Waals surface area contributed by atoms with Gasteiger partial charge in [-0.2, -0.15) is 0 Å². The monoisotopic (exact) mass is 295 g/mol. The zero-order chi connectivity index (χ0) is 15.2. The highest BCUT2D eigenvalue weighted by Crippen LogP contribution is 2.25. The average Bonchev–Trinajstić information content (AvgIpc) is 2.84. The van der Waals surface area contributed by atoms with Crippen LogP contribution >= 0.6 is 11.3 Å². The number of ketones is 1. The van der Waals surface area contributed by atoms with Crippen molar-refractivity contribution in [3.05, 3.63) is 21.9 Å². The van der Waals surface area contributed by atoms with Gasteiger partial charge in [0.05, 0.1) is 10.4 Å². The first-order valence-electron chi connectivity index (χ1n) is 7.78. The maximum absolute atomic E-state index is 12.8. The summed E-state index contributed by atoms with van der Waals surface area (Å²) in [5, 5.41) is 2.06. The molecule has 0 aliphatic heterocycles. The first-order chi connectivity index (χ1) is 9.43. The van der Waals surface area contributed by atoms with Crippen LogP contribution in [0, 0.1) is 6.92 Å². The lowest BCUT2D eigenvalue weighted by atomic mass is 9.94. The van der Waals surface area contributed by atoms with Crippen molar-refractivity contribution in [2.45, 2.75) is 65.8 Å². The molecule has 0 aromatic carbocycles. The van der Waals surface area contributed by atoms with Crippen molar-refractivity contribution in [3.63, 3.8) is 0 Å². The van der Waals surface area contributed by atoms with Crippen molar-refractivity contribution >= 4 is 17.1 Å². The van der Waals surface area contributed by atoms with E-state index < -0.39 is 5.54 Å². The van der Waals surface area contributed by atoms with Gasteiger partial charge in [-0.25, -0.2) is 0 Å². The fourth-order valence-corrected chi connectivity index (χ4v) is 3.36. The van der Waals surface area contributed by atoms with Gasteiger partial charge in [0.25, 0.3) is 0 Å². The van der Waals surface area contributed by atoms with Gasteiger partial charge in [-0.3, -0.25) is 9.69 Å². The zero-order valence-corrected chi connectivity index (χ0v) is 14.5. The Kier molecular flexibility index (Phi) is 6.90. The Balaban J connectivity index is 2.86. The number of carbonyl (C=O) groups is 1. The summed E-state index contributed by atoms with van der Waals surface area (Å²) in [5.74, 6) is 0.266. The Morgan fingerprint density at radius 1 is 1.20 bits per heavy atom. The smallest absolute Gasteiger partial charge is 0.192 e. The number of hydrogen-bond acceptors (Lipinski definition) is 3. The highest BCUT2D eigenvalue weighted by atomic mass is 32.1. The molecule has 0 saturated carbocycles. The van der Waals surface area contributed by atoms with Crippen LogP contribution in [-0.4, -0.2) is 29.3 Å². The summed E-state index contributed by atoms with van der Waals surface area (Å²) >= 11 is 1.57. The number of thiophene rings is 1. The average molecular weight is 295 g/mol. The number of Topliss-reactive ketones (excluding diaryl/α,β-unsaturated/α-hetero) is 1. The predicted octanol–water partition coefficient (Wildman–Crippen LogP) is 4.92. The summed E-state index contributed by atoms with van der Waals surface area (Å²) < 4.78 is 0. The van der Waals surface area contributed by atoms with Crippen molar-refractivity contribution in [1.29, 1.82) is 0 Å². The van der Waals surface area contributed by atoms with E-state index in [1.54, 1.807) is 11.3 Å². The SMILES string of the molecule is CCCCN(CCCC)C(C)(C)C(=O)c1cc(C)cs1. The minimum atomic E-state index is -0.401. The van der Waals surface area contributed by atoms with Gasteiger partial charge < -0.3 is 0 Å². The fraction of sp³-hybridized carbons (Fsp3) is 0.706. The molecule has 3 heteroatoms. The minimum Gasteiger partial charge on any atom is -0.291 e. The van der Waals surface area contributed by atoms with Crippen molar-refractivity contribution in [2.75, 3.05) is 13.1 Å². The van der Waals surface area contributed by atoms with E-state index in [0.29, 0.717) is 0 Å². The van der Waals surface area contributed by atoms with Crippen molar-refractivity contribution in [1.82, 2.24) is 4.90 Å². The molecule has 20 heavy (non-hydrogen) atoms. The third kappa shape index (κ3) is 4.42. The molecule has 0 atom stereocenters. The molecule has 1 aromatic rings. The normalized spacial score (nSPS) is 12.1. The van der Waals surface area contributed by atoms with Crippen molar-refractivity contribution in [3.8, 4) is 0 Å². The molecular formula is C17H29NOS. The molecule has 0 spiro atoms. The molecule has 1 heterocycles. The molecule has 0 N–H and O–H groups in total. The zero-order valence-electron chi connectivity index (χ0n) is 13.7. The second-order valence-electron chi connectivity index (χ2n) is 6.07. The summed E-state index contributed by atoms with van der Waals surface area (Å²) in [6, 6.07) is 2.02. The lowest BCUT2D eigenvalue weighted by molar-refractivity contribution is 0.0634. The van der Waals surface area contributed by atoms with Crippen LogP contribution in [0.1, 0.15) is 68.6 Å². The van der Waals surface area contributed by atoms with Gasteiger partial charge in [-0.1, -0.05) is 26.7 Å². The number of aryl methyl sites for hydroxylation is 1. The van der Waals surface area contributed by atoms with Crippen LogP contribution in [0.15, 0.2) is 11.4 Å². The first-order valence-corrected chi connectivity index (χ1v) is 8.66. The van der Waals surface area contributed by atoms with E-state index >= 15 is 0 Å². The van der Waals surface area contributed by atoms with E-state index in [1.165, 1.54) is 18.4 Å². The topological polar surface area (TPSA) is 20.3 Å². The van der Waals surface area contributed by atoms with Crippen LogP contribution in [0.4, 0.5) is 0 Å². The van der Waals surface area contributed by atoms with E-state index in [0.717, 1.165) is 30.8 Å². The third-order valence-corrected chi connectivity index (χ3v) is 4.91. The molecule has 0 amide bonds. The van der Waals surface area contributed by atoms with Crippen LogP contribution in [0.25, 0.3) is 0 Å². The van der Waals surface area contributed by atoms with E-state index in [-0.39, 0.29) is 5.78 Å². The van der Waals surface area contributed by atoms with Crippen LogP contribution < -0.4 is 0 Å². The maximum atomic E-state index is 12.8.